The predicted octanol–water partition coefficient (Wildman–Crippen LogP) is 4.47. The number of hydrogen-bond donors (Lipinski definition) is 1. The van der Waals surface area contributed by atoms with Crippen LogP contribution in [0.25, 0.3) is 10.6 Å². The lowest BCUT2D eigenvalue weighted by Gasteiger charge is -2.03. The molecular formula is C21H18N4O3S2. The molecule has 2 aromatic carbocycles. The van der Waals surface area contributed by atoms with Crippen molar-refractivity contribution in [3.8, 4) is 16.3 Å². The van der Waals surface area contributed by atoms with Crippen molar-refractivity contribution in [3.05, 3.63) is 76.6 Å². The van der Waals surface area contributed by atoms with Crippen LogP contribution < -0.4 is 10.5 Å². The smallest absolute Gasteiger partial charge is 0.277 e. The van der Waals surface area contributed by atoms with Crippen LogP contribution in [0, 0.1) is 6.92 Å². The van der Waals surface area contributed by atoms with E-state index >= 15 is 0 Å². The summed E-state index contributed by atoms with van der Waals surface area (Å²) in [6.07, 6.45) is 0. The summed E-state index contributed by atoms with van der Waals surface area (Å²) in [5.41, 5.74) is 8.73. The second-order valence-corrected chi connectivity index (χ2v) is 8.23. The Morgan fingerprint density at radius 2 is 2.03 bits per heavy atom. The lowest BCUT2D eigenvalue weighted by atomic mass is 10.1. The number of thiazole rings is 1. The van der Waals surface area contributed by atoms with Crippen LogP contribution >= 0.6 is 23.1 Å². The molecule has 0 aliphatic carbocycles. The minimum atomic E-state index is -0.444. The molecule has 0 radical (unpaired) electrons. The van der Waals surface area contributed by atoms with E-state index in [1.54, 1.807) is 12.1 Å². The number of carbonyl (C=O) groups is 1. The van der Waals surface area contributed by atoms with E-state index in [1.807, 2.05) is 48.7 Å². The van der Waals surface area contributed by atoms with Crippen molar-refractivity contribution in [1.29, 1.82) is 0 Å². The van der Waals surface area contributed by atoms with Gasteiger partial charge in [-0.15, -0.1) is 21.5 Å². The maximum atomic E-state index is 11.2. The molecule has 30 heavy (non-hydrogen) atoms. The standard InChI is InChI=1S/C21H18N4O3S2/c1-13-3-2-4-17(9-13)27-10-18-24-25-21(28-18)30-12-16-11-29-20(23-16)15-7-5-14(6-8-15)19(22)26/h2-9,11H,10,12H2,1H3,(H2,22,26). The molecule has 9 heteroatoms. The SMILES string of the molecule is Cc1cccc(OCc2nnc(SCc3csc(-c4ccc(C(N)=O)cc4)n3)o2)c1. The molecule has 0 saturated carbocycles. The summed E-state index contributed by atoms with van der Waals surface area (Å²) in [6.45, 7) is 2.23. The number of thioether (sulfide) groups is 1. The van der Waals surface area contributed by atoms with E-state index in [4.69, 9.17) is 14.9 Å². The summed E-state index contributed by atoms with van der Waals surface area (Å²) in [5, 5.41) is 11.4. The molecule has 7 nitrogen and oxygen atoms in total. The van der Waals surface area contributed by atoms with Crippen molar-refractivity contribution in [2.75, 3.05) is 0 Å². The number of ether oxygens (including phenoxy) is 1. The van der Waals surface area contributed by atoms with E-state index in [9.17, 15) is 4.79 Å². The molecule has 0 aliphatic rings. The van der Waals surface area contributed by atoms with Gasteiger partial charge in [0.2, 0.25) is 5.91 Å². The van der Waals surface area contributed by atoms with E-state index in [0.717, 1.165) is 27.6 Å². The summed E-state index contributed by atoms with van der Waals surface area (Å²) in [4.78, 5) is 15.8. The highest BCUT2D eigenvalue weighted by Crippen LogP contribution is 2.28. The van der Waals surface area contributed by atoms with Crippen molar-refractivity contribution in [3.63, 3.8) is 0 Å². The zero-order chi connectivity index (χ0) is 20.9. The third kappa shape index (κ3) is 5.05. The molecule has 2 N–H and O–H groups in total. The molecule has 0 atom stereocenters. The van der Waals surface area contributed by atoms with E-state index < -0.39 is 5.91 Å². The Morgan fingerprint density at radius 1 is 1.20 bits per heavy atom. The number of aromatic nitrogens is 3. The van der Waals surface area contributed by atoms with Crippen LogP contribution in [0.2, 0.25) is 0 Å². The Morgan fingerprint density at radius 3 is 2.80 bits per heavy atom. The van der Waals surface area contributed by atoms with Crippen LogP contribution in [0.1, 0.15) is 27.5 Å². The molecule has 2 heterocycles. The van der Waals surface area contributed by atoms with Crippen LogP contribution in [0.4, 0.5) is 0 Å². The summed E-state index contributed by atoms with van der Waals surface area (Å²) in [6, 6.07) is 14.9. The van der Waals surface area contributed by atoms with Gasteiger partial charge in [-0.2, -0.15) is 0 Å². The molecule has 2 aromatic heterocycles. The van der Waals surface area contributed by atoms with Gasteiger partial charge in [-0.05, 0) is 36.8 Å². The predicted molar refractivity (Wildman–Crippen MR) is 115 cm³/mol. The van der Waals surface area contributed by atoms with Gasteiger partial charge >= 0.3 is 0 Å². The molecule has 0 spiro atoms. The number of aryl methyl sites for hydroxylation is 1. The maximum Gasteiger partial charge on any atom is 0.277 e. The average molecular weight is 439 g/mol. The molecule has 0 aliphatic heterocycles. The topological polar surface area (TPSA) is 104 Å². The molecule has 1 amide bonds. The van der Waals surface area contributed by atoms with Crippen LogP contribution in [0.15, 0.2) is 63.6 Å². The lowest BCUT2D eigenvalue weighted by molar-refractivity contribution is 0.100. The fraction of sp³-hybridized carbons (Fsp3) is 0.143. The van der Waals surface area contributed by atoms with E-state index in [-0.39, 0.29) is 6.61 Å². The van der Waals surface area contributed by atoms with Gasteiger partial charge in [0.15, 0.2) is 6.61 Å². The molecule has 0 bridgehead atoms. The first kappa shape index (κ1) is 20.1. The molecule has 0 saturated heterocycles. The quantitative estimate of drug-likeness (QED) is 0.405. The third-order valence-corrected chi connectivity index (χ3v) is 5.90. The highest BCUT2D eigenvalue weighted by Gasteiger charge is 2.11. The van der Waals surface area contributed by atoms with Gasteiger partial charge in [0.25, 0.3) is 11.1 Å². The lowest BCUT2D eigenvalue weighted by Crippen LogP contribution is -2.10. The van der Waals surface area contributed by atoms with Gasteiger partial charge in [0, 0.05) is 22.3 Å². The summed E-state index contributed by atoms with van der Waals surface area (Å²) in [5.74, 6) is 1.35. The van der Waals surface area contributed by atoms with Gasteiger partial charge in [-0.1, -0.05) is 36.0 Å². The zero-order valence-electron chi connectivity index (χ0n) is 16.1. The first-order valence-electron chi connectivity index (χ1n) is 9.06. The fourth-order valence-electron chi connectivity index (χ4n) is 2.62. The Balaban J connectivity index is 1.31. The largest absolute Gasteiger partial charge is 0.484 e. The number of amides is 1. The molecular weight excluding hydrogens is 420 g/mol. The van der Waals surface area contributed by atoms with Gasteiger partial charge < -0.3 is 14.9 Å². The minimum absolute atomic E-state index is 0.221. The maximum absolute atomic E-state index is 11.2. The van der Waals surface area contributed by atoms with Gasteiger partial charge in [-0.3, -0.25) is 4.79 Å². The average Bonchev–Trinajstić information content (AvgIpc) is 3.40. The van der Waals surface area contributed by atoms with Gasteiger partial charge in [0.05, 0.1) is 5.69 Å². The first-order chi connectivity index (χ1) is 14.6. The van der Waals surface area contributed by atoms with Crippen molar-refractivity contribution < 1.29 is 13.9 Å². The van der Waals surface area contributed by atoms with Gasteiger partial charge in [0.1, 0.15) is 10.8 Å². The number of nitrogens with two attached hydrogens (primary N) is 1. The highest BCUT2D eigenvalue weighted by molar-refractivity contribution is 7.98. The number of primary amides is 1. The normalized spacial score (nSPS) is 10.8. The third-order valence-electron chi connectivity index (χ3n) is 4.11. The Bertz CT molecular complexity index is 1160. The molecule has 0 fully saturated rings. The molecule has 152 valence electrons. The Hall–Kier alpha value is -3.17. The van der Waals surface area contributed by atoms with Gasteiger partial charge in [-0.25, -0.2) is 4.98 Å². The van der Waals surface area contributed by atoms with Crippen molar-refractivity contribution in [2.45, 2.75) is 24.5 Å². The second-order valence-electron chi connectivity index (χ2n) is 6.44. The fourth-order valence-corrected chi connectivity index (χ4v) is 4.23. The van der Waals surface area contributed by atoms with Crippen molar-refractivity contribution in [2.24, 2.45) is 5.73 Å². The van der Waals surface area contributed by atoms with Crippen LogP contribution in [0.5, 0.6) is 5.75 Å². The first-order valence-corrected chi connectivity index (χ1v) is 10.9. The van der Waals surface area contributed by atoms with Crippen molar-refractivity contribution >= 4 is 29.0 Å². The number of nitrogens with zero attached hydrogens (tertiary/aromatic N) is 3. The van der Waals surface area contributed by atoms with Crippen LogP contribution in [-0.2, 0) is 12.4 Å². The highest BCUT2D eigenvalue weighted by atomic mass is 32.2. The molecule has 0 unspecified atom stereocenters. The zero-order valence-corrected chi connectivity index (χ0v) is 17.7. The summed E-state index contributed by atoms with van der Waals surface area (Å²) < 4.78 is 11.3. The molecule has 4 aromatic rings. The monoisotopic (exact) mass is 438 g/mol. The van der Waals surface area contributed by atoms with E-state index in [2.05, 4.69) is 15.2 Å². The number of hydrogen-bond acceptors (Lipinski definition) is 8. The molecule has 4 rings (SSSR count). The van der Waals surface area contributed by atoms with Crippen molar-refractivity contribution in [1.82, 2.24) is 15.2 Å². The number of benzene rings is 2. The summed E-state index contributed by atoms with van der Waals surface area (Å²) >= 11 is 2.96. The minimum Gasteiger partial charge on any atom is -0.484 e. The second kappa shape index (κ2) is 9.10. The van der Waals surface area contributed by atoms with E-state index in [0.29, 0.717) is 22.4 Å². The Kier molecular flexibility index (Phi) is 6.10. The van der Waals surface area contributed by atoms with Crippen LogP contribution in [0.3, 0.4) is 0 Å². The van der Waals surface area contributed by atoms with Crippen LogP contribution in [-0.4, -0.2) is 21.1 Å². The number of carbonyl (C=O) groups excluding carboxylic acids is 1. The summed E-state index contributed by atoms with van der Waals surface area (Å²) in [7, 11) is 0. The number of rotatable bonds is 8. The Labute approximate surface area is 181 Å². The van der Waals surface area contributed by atoms with E-state index in [1.165, 1.54) is 23.1 Å².